The summed E-state index contributed by atoms with van der Waals surface area (Å²) in [4.78, 5) is 0. The van der Waals surface area contributed by atoms with Crippen molar-refractivity contribution in [2.75, 3.05) is 0 Å². The Hall–Kier alpha value is -0.300. The monoisotopic (exact) mass is 212 g/mol. The van der Waals surface area contributed by atoms with Gasteiger partial charge in [0.05, 0.1) is 6.10 Å². The van der Waals surface area contributed by atoms with Crippen molar-refractivity contribution in [3.8, 4) is 0 Å². The Morgan fingerprint density at radius 3 is 2.07 bits per heavy atom. The van der Waals surface area contributed by atoms with Gasteiger partial charge in [-0.15, -0.1) is 0 Å². The summed E-state index contributed by atoms with van der Waals surface area (Å²) < 4.78 is 0. The third-order valence-corrected chi connectivity index (χ3v) is 3.50. The molecule has 0 saturated heterocycles. The van der Waals surface area contributed by atoms with Gasteiger partial charge in [0.2, 0.25) is 0 Å². The molecule has 0 rings (SSSR count). The predicted octanol–water partition coefficient (Wildman–Crippen LogP) is 4.17. The van der Waals surface area contributed by atoms with Crippen molar-refractivity contribution in [1.29, 1.82) is 0 Å². The lowest BCUT2D eigenvalue weighted by Crippen LogP contribution is -2.11. The highest BCUT2D eigenvalue weighted by molar-refractivity contribution is 4.95. The lowest BCUT2D eigenvalue weighted by molar-refractivity contribution is 0.167. The summed E-state index contributed by atoms with van der Waals surface area (Å²) >= 11 is 0. The zero-order chi connectivity index (χ0) is 11.8. The molecule has 1 heteroatoms. The first-order valence-corrected chi connectivity index (χ1v) is 6.27. The minimum Gasteiger partial charge on any atom is -0.393 e. The van der Waals surface area contributed by atoms with Gasteiger partial charge in [0.1, 0.15) is 0 Å². The number of hydrogen-bond donors (Lipinski definition) is 1. The second kappa shape index (κ2) is 7.92. The van der Waals surface area contributed by atoms with E-state index in [4.69, 9.17) is 0 Å². The van der Waals surface area contributed by atoms with Crippen LogP contribution in [0, 0.1) is 11.8 Å². The van der Waals surface area contributed by atoms with Crippen LogP contribution >= 0.6 is 0 Å². The summed E-state index contributed by atoms with van der Waals surface area (Å²) in [5, 5.41) is 9.23. The molecule has 1 N–H and O–H groups in total. The number of aliphatic hydroxyl groups is 1. The zero-order valence-electron chi connectivity index (χ0n) is 11.1. The van der Waals surface area contributed by atoms with Crippen LogP contribution in [0.3, 0.4) is 0 Å². The normalized spacial score (nSPS) is 18.7. The fourth-order valence-corrected chi connectivity index (χ4v) is 1.67. The van der Waals surface area contributed by atoms with Gasteiger partial charge in [-0.1, -0.05) is 25.5 Å². The smallest absolute Gasteiger partial charge is 0.0512 e. The summed E-state index contributed by atoms with van der Waals surface area (Å²) in [5.41, 5.74) is 1.49. The van der Waals surface area contributed by atoms with E-state index in [0.29, 0.717) is 0 Å². The van der Waals surface area contributed by atoms with Crippen LogP contribution in [0.5, 0.6) is 0 Å². The van der Waals surface area contributed by atoms with Crippen molar-refractivity contribution in [3.05, 3.63) is 11.6 Å². The van der Waals surface area contributed by atoms with Crippen molar-refractivity contribution >= 4 is 0 Å². The van der Waals surface area contributed by atoms with Gasteiger partial charge < -0.3 is 5.11 Å². The first kappa shape index (κ1) is 14.7. The zero-order valence-corrected chi connectivity index (χ0v) is 11.1. The van der Waals surface area contributed by atoms with Crippen LogP contribution in [0.2, 0.25) is 0 Å². The van der Waals surface area contributed by atoms with Crippen LogP contribution in [0.4, 0.5) is 0 Å². The molecule has 0 aromatic heterocycles. The maximum atomic E-state index is 9.23. The Bertz CT molecular complexity index is 182. The van der Waals surface area contributed by atoms with Gasteiger partial charge in [-0.3, -0.25) is 0 Å². The molecule has 0 aromatic rings. The molecule has 1 nitrogen and oxygen atoms in total. The van der Waals surface area contributed by atoms with Crippen LogP contribution in [0.1, 0.15) is 60.3 Å². The Labute approximate surface area is 95.6 Å². The summed E-state index contributed by atoms with van der Waals surface area (Å²) in [6, 6.07) is 0. The van der Waals surface area contributed by atoms with Crippen molar-refractivity contribution in [2.24, 2.45) is 11.8 Å². The van der Waals surface area contributed by atoms with E-state index < -0.39 is 0 Å². The third-order valence-electron chi connectivity index (χ3n) is 3.50. The number of hydrogen-bond acceptors (Lipinski definition) is 1. The average Bonchev–Trinajstić information content (AvgIpc) is 2.21. The molecule has 0 amide bonds. The lowest BCUT2D eigenvalue weighted by Gasteiger charge is -2.20. The molecule has 0 aliphatic rings. The van der Waals surface area contributed by atoms with E-state index >= 15 is 0 Å². The van der Waals surface area contributed by atoms with Crippen LogP contribution in [0.25, 0.3) is 0 Å². The second-order valence-corrected chi connectivity index (χ2v) is 5.05. The highest BCUT2D eigenvalue weighted by Gasteiger charge is 2.12. The van der Waals surface area contributed by atoms with Gasteiger partial charge in [0.25, 0.3) is 0 Å². The van der Waals surface area contributed by atoms with Gasteiger partial charge in [0.15, 0.2) is 0 Å². The minimum atomic E-state index is -0.142. The predicted molar refractivity (Wildman–Crippen MR) is 67.9 cm³/mol. The SMILES string of the molecule is C/C=C(\C)CCC(C)C(C)CCC(C)O. The van der Waals surface area contributed by atoms with Crippen molar-refractivity contribution in [2.45, 2.75) is 66.4 Å². The lowest BCUT2D eigenvalue weighted by atomic mass is 9.86. The molecule has 0 spiro atoms. The third kappa shape index (κ3) is 7.61. The van der Waals surface area contributed by atoms with Crippen LogP contribution in [-0.4, -0.2) is 11.2 Å². The Balaban J connectivity index is 3.73. The summed E-state index contributed by atoms with van der Waals surface area (Å²) in [5.74, 6) is 1.49. The van der Waals surface area contributed by atoms with E-state index in [1.807, 2.05) is 6.92 Å². The molecule has 0 saturated carbocycles. The first-order chi connectivity index (χ1) is 6.97. The number of rotatable bonds is 7. The van der Waals surface area contributed by atoms with Crippen LogP contribution in [0.15, 0.2) is 11.6 Å². The van der Waals surface area contributed by atoms with Gasteiger partial charge in [-0.25, -0.2) is 0 Å². The first-order valence-electron chi connectivity index (χ1n) is 6.27. The van der Waals surface area contributed by atoms with Gasteiger partial charge in [0, 0.05) is 0 Å². The molecule has 0 heterocycles. The molecular weight excluding hydrogens is 184 g/mol. The molecule has 0 fully saturated rings. The van der Waals surface area contributed by atoms with E-state index in [0.717, 1.165) is 24.7 Å². The largest absolute Gasteiger partial charge is 0.393 e. The Kier molecular flexibility index (Phi) is 7.76. The molecule has 0 bridgehead atoms. The molecule has 0 aliphatic carbocycles. The molecule has 3 unspecified atom stereocenters. The molecule has 0 radical (unpaired) electrons. The molecule has 0 aliphatic heterocycles. The molecular formula is C14H28O. The van der Waals surface area contributed by atoms with E-state index in [1.54, 1.807) is 0 Å². The van der Waals surface area contributed by atoms with E-state index in [9.17, 15) is 5.11 Å². The van der Waals surface area contributed by atoms with Crippen molar-refractivity contribution in [3.63, 3.8) is 0 Å². The fraction of sp³-hybridized carbons (Fsp3) is 0.857. The van der Waals surface area contributed by atoms with E-state index in [1.165, 1.54) is 18.4 Å². The number of allylic oxidation sites excluding steroid dienone is 2. The van der Waals surface area contributed by atoms with Gasteiger partial charge in [-0.05, 0) is 58.3 Å². The Morgan fingerprint density at radius 1 is 1.07 bits per heavy atom. The van der Waals surface area contributed by atoms with Gasteiger partial charge in [-0.2, -0.15) is 0 Å². The quantitative estimate of drug-likeness (QED) is 0.628. The highest BCUT2D eigenvalue weighted by atomic mass is 16.3. The van der Waals surface area contributed by atoms with Crippen molar-refractivity contribution < 1.29 is 5.11 Å². The van der Waals surface area contributed by atoms with E-state index in [-0.39, 0.29) is 6.10 Å². The van der Waals surface area contributed by atoms with Crippen LogP contribution in [-0.2, 0) is 0 Å². The Morgan fingerprint density at radius 2 is 1.60 bits per heavy atom. The topological polar surface area (TPSA) is 20.2 Å². The molecule has 0 aromatic carbocycles. The second-order valence-electron chi connectivity index (χ2n) is 5.05. The summed E-state index contributed by atoms with van der Waals surface area (Å²) in [7, 11) is 0. The fourth-order valence-electron chi connectivity index (χ4n) is 1.67. The minimum absolute atomic E-state index is 0.142. The maximum Gasteiger partial charge on any atom is 0.0512 e. The van der Waals surface area contributed by atoms with Crippen molar-refractivity contribution in [1.82, 2.24) is 0 Å². The molecule has 15 heavy (non-hydrogen) atoms. The van der Waals surface area contributed by atoms with E-state index in [2.05, 4.69) is 33.8 Å². The average molecular weight is 212 g/mol. The van der Waals surface area contributed by atoms with Gasteiger partial charge >= 0.3 is 0 Å². The molecule has 90 valence electrons. The van der Waals surface area contributed by atoms with Crippen LogP contribution < -0.4 is 0 Å². The standard InChI is InChI=1S/C14H28O/c1-6-11(2)7-8-12(3)13(4)9-10-14(5)15/h6,12-15H,7-10H2,1-5H3/b11-6+. The summed E-state index contributed by atoms with van der Waals surface area (Å²) in [6.07, 6.45) is 6.64. The molecule has 3 atom stereocenters. The summed E-state index contributed by atoms with van der Waals surface area (Å²) in [6.45, 7) is 10.8. The highest BCUT2D eigenvalue weighted by Crippen LogP contribution is 2.23. The maximum absolute atomic E-state index is 9.23. The number of aliphatic hydroxyl groups excluding tert-OH is 1.